The number of rotatable bonds is 6. The van der Waals surface area contributed by atoms with Gasteiger partial charge in [-0.1, -0.05) is 46.8 Å². The van der Waals surface area contributed by atoms with E-state index in [-0.39, 0.29) is 30.2 Å². The number of β-amino-alcohol motifs (C(OH)–C–C–N with tert-alkyl or cyclic N) is 1. The van der Waals surface area contributed by atoms with Crippen LogP contribution in [0.5, 0.6) is 0 Å². The lowest BCUT2D eigenvalue weighted by Crippen LogP contribution is -2.50. The molecule has 10 heteroatoms. The molecule has 4 unspecified atom stereocenters. The number of hydrogen-bond acceptors (Lipinski definition) is 7. The first-order valence-corrected chi connectivity index (χ1v) is 12.4. The molecule has 35 heavy (non-hydrogen) atoms. The van der Waals surface area contributed by atoms with Crippen LogP contribution in [-0.2, 0) is 15.0 Å². The molecule has 1 saturated carbocycles. The lowest BCUT2D eigenvalue weighted by molar-refractivity contribution is -0.144. The fraction of sp³-hybridized carbons (Fsp3) is 0.720. The van der Waals surface area contributed by atoms with Gasteiger partial charge in [-0.25, -0.2) is 9.67 Å². The number of aliphatic hydroxyl groups excluding tert-OH is 1. The zero-order chi connectivity index (χ0) is 25.7. The predicted octanol–water partition coefficient (Wildman–Crippen LogP) is 2.87. The molecule has 10 nitrogen and oxygen atoms in total. The zero-order valence-electron chi connectivity index (χ0n) is 21.8. The molecule has 2 fully saturated rings. The van der Waals surface area contributed by atoms with Gasteiger partial charge in [-0.2, -0.15) is 0 Å². The molecule has 4 atom stereocenters. The molecule has 1 aliphatic heterocycles. The minimum Gasteiger partial charge on any atom is -0.446 e. The van der Waals surface area contributed by atoms with Gasteiger partial charge in [-0.3, -0.25) is 9.59 Å². The van der Waals surface area contributed by atoms with Crippen molar-refractivity contribution < 1.29 is 19.1 Å². The van der Waals surface area contributed by atoms with E-state index in [0.717, 1.165) is 24.2 Å². The molecule has 1 aliphatic carbocycles. The van der Waals surface area contributed by atoms with E-state index in [1.165, 1.54) is 4.90 Å². The summed E-state index contributed by atoms with van der Waals surface area (Å²) in [5.41, 5.74) is 1.05. The standard InChI is InChI=1S/C25H38N6O4/c1-14(22-27-19(13-35-22)24(2,3)4)26-21(33)18-10-16(32)11-30(18)23(34)20(25(5,6)7)31-12-17(28-29-31)15-8-9-15/h12-16,18,20,32H,8-11H2,1-7H3,(H,26,33). The molecule has 2 aromatic heterocycles. The Hall–Kier alpha value is -2.75. The van der Waals surface area contributed by atoms with Gasteiger partial charge < -0.3 is 19.7 Å². The molecule has 2 N–H and O–H groups in total. The summed E-state index contributed by atoms with van der Waals surface area (Å²) < 4.78 is 7.23. The highest BCUT2D eigenvalue weighted by atomic mass is 16.3. The van der Waals surface area contributed by atoms with Crippen molar-refractivity contribution in [1.82, 2.24) is 30.2 Å². The van der Waals surface area contributed by atoms with E-state index in [4.69, 9.17) is 4.42 Å². The number of carbonyl (C=O) groups is 2. The lowest BCUT2D eigenvalue weighted by Gasteiger charge is -2.34. The summed E-state index contributed by atoms with van der Waals surface area (Å²) >= 11 is 0. The van der Waals surface area contributed by atoms with Crippen LogP contribution in [0.1, 0.15) is 103 Å². The van der Waals surface area contributed by atoms with E-state index >= 15 is 0 Å². The second kappa shape index (κ2) is 9.04. The van der Waals surface area contributed by atoms with Crippen LogP contribution in [0.15, 0.2) is 16.9 Å². The first kappa shape index (κ1) is 25.3. The molecule has 0 radical (unpaired) electrons. The molecule has 2 amide bonds. The summed E-state index contributed by atoms with van der Waals surface area (Å²) in [5.74, 6) is 0.229. The number of oxazole rings is 1. The highest BCUT2D eigenvalue weighted by molar-refractivity contribution is 5.90. The molecule has 1 saturated heterocycles. The lowest BCUT2D eigenvalue weighted by atomic mass is 9.85. The minimum absolute atomic E-state index is 0.0925. The quantitative estimate of drug-likeness (QED) is 0.643. The van der Waals surface area contributed by atoms with Crippen molar-refractivity contribution in [3.05, 3.63) is 29.7 Å². The van der Waals surface area contributed by atoms with Gasteiger partial charge in [-0.05, 0) is 25.2 Å². The Balaban J connectivity index is 1.52. The molecular formula is C25H38N6O4. The maximum Gasteiger partial charge on any atom is 0.248 e. The number of aliphatic hydroxyl groups is 1. The third-order valence-corrected chi connectivity index (χ3v) is 6.73. The Morgan fingerprint density at radius 3 is 2.46 bits per heavy atom. The van der Waals surface area contributed by atoms with Crippen LogP contribution in [0.25, 0.3) is 0 Å². The van der Waals surface area contributed by atoms with Crippen LogP contribution in [0.3, 0.4) is 0 Å². The Bertz CT molecular complexity index is 1070. The maximum absolute atomic E-state index is 13.8. The van der Waals surface area contributed by atoms with E-state index < -0.39 is 29.6 Å². The molecule has 0 spiro atoms. The van der Waals surface area contributed by atoms with Crippen LogP contribution in [0, 0.1) is 5.41 Å². The molecule has 4 rings (SSSR count). The Kier molecular flexibility index (Phi) is 6.54. The fourth-order valence-electron chi connectivity index (χ4n) is 4.53. The van der Waals surface area contributed by atoms with Gasteiger partial charge in [0.25, 0.3) is 0 Å². The third-order valence-electron chi connectivity index (χ3n) is 6.73. The van der Waals surface area contributed by atoms with Crippen molar-refractivity contribution in [2.45, 2.75) is 103 Å². The summed E-state index contributed by atoms with van der Waals surface area (Å²) in [6, 6.07) is -1.93. The number of aromatic nitrogens is 4. The number of nitrogens with one attached hydrogen (secondary N) is 1. The van der Waals surface area contributed by atoms with E-state index in [1.807, 2.05) is 47.7 Å². The van der Waals surface area contributed by atoms with Crippen LogP contribution in [-0.4, -0.2) is 60.5 Å². The van der Waals surface area contributed by atoms with Gasteiger partial charge >= 0.3 is 0 Å². The summed E-state index contributed by atoms with van der Waals surface area (Å²) in [7, 11) is 0. The van der Waals surface area contributed by atoms with Crippen molar-refractivity contribution >= 4 is 11.8 Å². The van der Waals surface area contributed by atoms with Gasteiger partial charge in [0.2, 0.25) is 17.7 Å². The molecule has 0 aromatic carbocycles. The third kappa shape index (κ3) is 5.42. The summed E-state index contributed by atoms with van der Waals surface area (Å²) in [5, 5.41) is 21.9. The Morgan fingerprint density at radius 1 is 1.20 bits per heavy atom. The number of likely N-dealkylation sites (tertiary alicyclic amines) is 1. The average Bonchev–Trinajstić information content (AvgIpc) is 3.15. The minimum atomic E-state index is -0.798. The van der Waals surface area contributed by atoms with Gasteiger partial charge in [-0.15, -0.1) is 5.10 Å². The second-order valence-electron chi connectivity index (χ2n) is 12.1. The van der Waals surface area contributed by atoms with Crippen molar-refractivity contribution in [2.75, 3.05) is 6.54 Å². The van der Waals surface area contributed by atoms with Crippen molar-refractivity contribution in [3.63, 3.8) is 0 Å². The van der Waals surface area contributed by atoms with Crippen LogP contribution >= 0.6 is 0 Å². The van der Waals surface area contributed by atoms with Gasteiger partial charge in [0.15, 0.2) is 0 Å². The predicted molar refractivity (Wildman–Crippen MR) is 128 cm³/mol. The zero-order valence-corrected chi connectivity index (χ0v) is 21.8. The number of carbonyl (C=O) groups excluding carboxylic acids is 2. The molecule has 2 aliphatic rings. The normalized spacial score (nSPS) is 22.8. The maximum atomic E-state index is 13.8. The topological polar surface area (TPSA) is 126 Å². The highest BCUT2D eigenvalue weighted by Gasteiger charge is 2.45. The van der Waals surface area contributed by atoms with Crippen LogP contribution < -0.4 is 5.32 Å². The summed E-state index contributed by atoms with van der Waals surface area (Å²) in [6.45, 7) is 13.9. The first-order valence-electron chi connectivity index (χ1n) is 12.4. The van der Waals surface area contributed by atoms with Crippen molar-refractivity contribution in [1.29, 1.82) is 0 Å². The van der Waals surface area contributed by atoms with E-state index in [1.54, 1.807) is 17.9 Å². The SMILES string of the molecule is CC(NC(=O)C1CC(O)CN1C(=O)C(n1cc(C2CC2)nn1)C(C)(C)C)c1nc(C(C)(C)C)co1. The summed E-state index contributed by atoms with van der Waals surface area (Å²) in [4.78, 5) is 33.1. The van der Waals surface area contributed by atoms with E-state index in [0.29, 0.717) is 11.8 Å². The van der Waals surface area contributed by atoms with E-state index in [2.05, 4.69) is 20.6 Å². The summed E-state index contributed by atoms with van der Waals surface area (Å²) in [6.07, 6.45) is 5.03. The number of nitrogens with zero attached hydrogens (tertiary/aromatic N) is 5. The fourth-order valence-corrected chi connectivity index (χ4v) is 4.53. The molecule has 2 aromatic rings. The first-order chi connectivity index (χ1) is 16.3. The monoisotopic (exact) mass is 486 g/mol. The van der Waals surface area contributed by atoms with Crippen LogP contribution in [0.4, 0.5) is 0 Å². The van der Waals surface area contributed by atoms with Gasteiger partial charge in [0, 0.05) is 30.5 Å². The van der Waals surface area contributed by atoms with E-state index in [9.17, 15) is 14.7 Å². The Labute approximate surface area is 206 Å². The average molecular weight is 487 g/mol. The number of amides is 2. The molecular weight excluding hydrogens is 448 g/mol. The molecule has 192 valence electrons. The van der Waals surface area contributed by atoms with Crippen LogP contribution in [0.2, 0.25) is 0 Å². The molecule has 3 heterocycles. The van der Waals surface area contributed by atoms with Gasteiger partial charge in [0.05, 0.1) is 17.5 Å². The highest BCUT2D eigenvalue weighted by Crippen LogP contribution is 2.40. The van der Waals surface area contributed by atoms with Crippen molar-refractivity contribution in [2.24, 2.45) is 5.41 Å². The van der Waals surface area contributed by atoms with Crippen molar-refractivity contribution in [3.8, 4) is 0 Å². The largest absolute Gasteiger partial charge is 0.446 e. The van der Waals surface area contributed by atoms with Gasteiger partial charge in [0.1, 0.15) is 24.4 Å². The molecule has 0 bridgehead atoms. The Morgan fingerprint density at radius 2 is 1.89 bits per heavy atom. The second-order valence-corrected chi connectivity index (χ2v) is 12.1. The smallest absolute Gasteiger partial charge is 0.248 e. The number of hydrogen-bond donors (Lipinski definition) is 2.